The number of ether oxygens (including phenoxy) is 2. The summed E-state index contributed by atoms with van der Waals surface area (Å²) in [6.45, 7) is 3.01. The number of rotatable bonds is 0. The molecule has 2 atom stereocenters. The normalized spacial score (nSPS) is 32.9. The van der Waals surface area contributed by atoms with Gasteiger partial charge in [0, 0.05) is 18.3 Å². The summed E-state index contributed by atoms with van der Waals surface area (Å²) < 4.78 is 11.9. The van der Waals surface area contributed by atoms with Gasteiger partial charge in [0.25, 0.3) is 5.91 Å². The zero-order valence-corrected chi connectivity index (χ0v) is 14.7. The van der Waals surface area contributed by atoms with Crippen LogP contribution in [0.2, 0.25) is 0 Å². The molecule has 1 N–H and O–H groups in total. The van der Waals surface area contributed by atoms with Gasteiger partial charge in [0.05, 0.1) is 24.9 Å². The van der Waals surface area contributed by atoms with Crippen LogP contribution < -0.4 is 4.74 Å². The van der Waals surface area contributed by atoms with E-state index in [2.05, 4.69) is 11.9 Å². The SMILES string of the molecule is Cc1ccnc2c1[C@H]1CC[C@H](CC1)OC[C@H]1[C@H](O)CCN1C(=O)CO2. The van der Waals surface area contributed by atoms with E-state index in [4.69, 9.17) is 9.47 Å². The highest BCUT2D eigenvalue weighted by Gasteiger charge is 2.38. The van der Waals surface area contributed by atoms with Gasteiger partial charge >= 0.3 is 0 Å². The predicted octanol–water partition coefficient (Wildman–Crippen LogP) is 1.79. The van der Waals surface area contributed by atoms with Crippen molar-refractivity contribution in [1.82, 2.24) is 9.88 Å². The van der Waals surface area contributed by atoms with E-state index in [1.165, 1.54) is 5.56 Å². The summed E-state index contributed by atoms with van der Waals surface area (Å²) in [4.78, 5) is 18.7. The molecule has 2 bridgehead atoms. The van der Waals surface area contributed by atoms with Crippen molar-refractivity contribution in [1.29, 1.82) is 0 Å². The highest BCUT2D eigenvalue weighted by molar-refractivity contribution is 5.78. The Morgan fingerprint density at radius 1 is 1.24 bits per heavy atom. The fourth-order valence-electron chi connectivity index (χ4n) is 4.47. The van der Waals surface area contributed by atoms with Gasteiger partial charge in [0.2, 0.25) is 5.88 Å². The third-order valence-corrected chi connectivity index (χ3v) is 5.92. The molecule has 1 saturated carbocycles. The Morgan fingerprint density at radius 2 is 2.04 bits per heavy atom. The number of hydrogen-bond acceptors (Lipinski definition) is 5. The molecule has 1 aromatic heterocycles. The molecule has 6 nitrogen and oxygen atoms in total. The maximum atomic E-state index is 12.6. The molecule has 4 aliphatic rings. The van der Waals surface area contributed by atoms with Crippen LogP contribution in [0.4, 0.5) is 0 Å². The van der Waals surface area contributed by atoms with Crippen molar-refractivity contribution in [2.45, 2.75) is 63.2 Å². The third-order valence-electron chi connectivity index (χ3n) is 5.92. The summed E-state index contributed by atoms with van der Waals surface area (Å²) in [6, 6.07) is 1.75. The number of aliphatic hydroxyl groups is 1. The smallest absolute Gasteiger partial charge is 0.260 e. The van der Waals surface area contributed by atoms with Crippen molar-refractivity contribution < 1.29 is 19.4 Å². The summed E-state index contributed by atoms with van der Waals surface area (Å²) >= 11 is 0. The molecule has 136 valence electrons. The number of aliphatic hydroxyl groups excluding tert-OH is 1. The lowest BCUT2D eigenvalue weighted by Crippen LogP contribution is -2.45. The molecule has 0 aromatic carbocycles. The molecule has 0 unspecified atom stereocenters. The highest BCUT2D eigenvalue weighted by atomic mass is 16.5. The summed E-state index contributed by atoms with van der Waals surface area (Å²) in [5.74, 6) is 0.893. The van der Waals surface area contributed by atoms with E-state index < -0.39 is 6.10 Å². The first-order valence-corrected chi connectivity index (χ1v) is 9.31. The maximum absolute atomic E-state index is 12.6. The Labute approximate surface area is 148 Å². The molecule has 1 saturated heterocycles. The molecule has 4 heterocycles. The lowest BCUT2D eigenvalue weighted by Gasteiger charge is -2.31. The average molecular weight is 346 g/mol. The van der Waals surface area contributed by atoms with Gasteiger partial charge in [-0.05, 0) is 56.6 Å². The van der Waals surface area contributed by atoms with E-state index in [0.29, 0.717) is 31.4 Å². The number of hydrogen-bond donors (Lipinski definition) is 1. The van der Waals surface area contributed by atoms with Gasteiger partial charge in [0.15, 0.2) is 6.61 Å². The minimum atomic E-state index is -0.516. The molecule has 1 amide bonds. The third kappa shape index (κ3) is 3.25. The predicted molar refractivity (Wildman–Crippen MR) is 91.5 cm³/mol. The topological polar surface area (TPSA) is 71.9 Å². The standard InChI is InChI=1S/C19H26N2O4/c1-12-6-8-20-19-18(12)13-2-4-14(5-3-13)24-10-15-16(22)7-9-21(15)17(23)11-25-19/h6,8,13-16,22H,2-5,7,9-11H2,1H3/t13-,14+,15-,16+/m0/s1. The van der Waals surface area contributed by atoms with Crippen molar-refractivity contribution in [3.8, 4) is 5.88 Å². The van der Waals surface area contributed by atoms with E-state index in [1.807, 2.05) is 6.07 Å². The molecule has 3 aliphatic heterocycles. The van der Waals surface area contributed by atoms with Crippen molar-refractivity contribution in [3.05, 3.63) is 23.4 Å². The first-order chi connectivity index (χ1) is 12.1. The zero-order chi connectivity index (χ0) is 17.4. The number of carbonyl (C=O) groups is 1. The first kappa shape index (κ1) is 16.8. The van der Waals surface area contributed by atoms with Crippen molar-refractivity contribution >= 4 is 5.91 Å². The summed E-state index contributed by atoms with van der Waals surface area (Å²) in [7, 11) is 0. The van der Waals surface area contributed by atoms with E-state index in [0.717, 1.165) is 31.2 Å². The molecule has 6 heteroatoms. The number of carbonyl (C=O) groups excluding carboxylic acids is 1. The van der Waals surface area contributed by atoms with Crippen LogP contribution in [0.25, 0.3) is 0 Å². The minimum Gasteiger partial charge on any atom is -0.467 e. The van der Waals surface area contributed by atoms with E-state index in [1.54, 1.807) is 11.1 Å². The van der Waals surface area contributed by atoms with Crippen molar-refractivity contribution in [2.24, 2.45) is 0 Å². The maximum Gasteiger partial charge on any atom is 0.260 e. The Morgan fingerprint density at radius 3 is 2.84 bits per heavy atom. The van der Waals surface area contributed by atoms with Crippen molar-refractivity contribution in [2.75, 3.05) is 19.8 Å². The van der Waals surface area contributed by atoms with Crippen LogP contribution in [-0.2, 0) is 9.53 Å². The highest BCUT2D eigenvalue weighted by Crippen LogP contribution is 2.39. The number of nitrogens with zero attached hydrogens (tertiary/aromatic N) is 2. The van der Waals surface area contributed by atoms with Gasteiger partial charge in [-0.3, -0.25) is 4.79 Å². The second-order valence-corrected chi connectivity index (χ2v) is 7.45. The van der Waals surface area contributed by atoms with Gasteiger partial charge in [-0.15, -0.1) is 0 Å². The van der Waals surface area contributed by atoms with Crippen LogP contribution in [0, 0.1) is 6.92 Å². The lowest BCUT2D eigenvalue weighted by molar-refractivity contribution is -0.137. The van der Waals surface area contributed by atoms with Gasteiger partial charge in [-0.2, -0.15) is 0 Å². The van der Waals surface area contributed by atoms with Gasteiger partial charge < -0.3 is 19.5 Å². The second-order valence-electron chi connectivity index (χ2n) is 7.45. The molecular weight excluding hydrogens is 320 g/mol. The molecule has 1 aromatic rings. The second kappa shape index (κ2) is 6.92. The zero-order valence-electron chi connectivity index (χ0n) is 14.7. The van der Waals surface area contributed by atoms with Crippen LogP contribution in [0.5, 0.6) is 5.88 Å². The number of pyridine rings is 1. The van der Waals surface area contributed by atoms with Crippen LogP contribution >= 0.6 is 0 Å². The fraction of sp³-hybridized carbons (Fsp3) is 0.684. The largest absolute Gasteiger partial charge is 0.467 e. The lowest BCUT2D eigenvalue weighted by atomic mass is 9.81. The number of fused-ring (bicyclic) bond motifs is 5. The molecule has 1 aliphatic carbocycles. The molecular formula is C19H26N2O4. The fourth-order valence-corrected chi connectivity index (χ4v) is 4.47. The number of aromatic nitrogens is 1. The van der Waals surface area contributed by atoms with Crippen LogP contribution in [0.15, 0.2) is 12.3 Å². The van der Waals surface area contributed by atoms with Crippen LogP contribution in [0.1, 0.15) is 49.1 Å². The van der Waals surface area contributed by atoms with Crippen LogP contribution in [0.3, 0.4) is 0 Å². The summed E-state index contributed by atoms with van der Waals surface area (Å²) in [6.07, 6.45) is 6.11. The Hall–Kier alpha value is -1.66. The van der Waals surface area contributed by atoms with E-state index in [9.17, 15) is 9.90 Å². The Bertz CT molecular complexity index is 642. The van der Waals surface area contributed by atoms with Crippen molar-refractivity contribution in [3.63, 3.8) is 0 Å². The van der Waals surface area contributed by atoms with E-state index in [-0.39, 0.29) is 24.7 Å². The average Bonchev–Trinajstić information content (AvgIpc) is 2.99. The quantitative estimate of drug-likeness (QED) is 0.775. The molecule has 0 radical (unpaired) electrons. The number of amides is 1. The van der Waals surface area contributed by atoms with Crippen LogP contribution in [-0.4, -0.2) is 58.9 Å². The first-order valence-electron chi connectivity index (χ1n) is 9.31. The van der Waals surface area contributed by atoms with Gasteiger partial charge in [-0.25, -0.2) is 4.98 Å². The van der Waals surface area contributed by atoms with E-state index >= 15 is 0 Å². The monoisotopic (exact) mass is 346 g/mol. The van der Waals surface area contributed by atoms with Gasteiger partial charge in [-0.1, -0.05) is 0 Å². The molecule has 5 rings (SSSR count). The molecule has 2 fully saturated rings. The minimum absolute atomic E-state index is 0.0389. The Balaban J connectivity index is 1.64. The van der Waals surface area contributed by atoms with Gasteiger partial charge in [0.1, 0.15) is 0 Å². The molecule has 0 spiro atoms. The summed E-state index contributed by atoms with van der Waals surface area (Å²) in [5.41, 5.74) is 2.32. The Kier molecular flexibility index (Phi) is 4.65. The molecule has 25 heavy (non-hydrogen) atoms. The summed E-state index contributed by atoms with van der Waals surface area (Å²) in [5, 5.41) is 10.2. The number of aryl methyl sites for hydroxylation is 1.